The number of amides is 2. The summed E-state index contributed by atoms with van der Waals surface area (Å²) in [6, 6.07) is 11.2. The van der Waals surface area contributed by atoms with Gasteiger partial charge in [0, 0.05) is 0 Å². The molecule has 122 valence electrons. The molecule has 0 spiro atoms. The first-order valence-corrected chi connectivity index (χ1v) is 7.31. The molecule has 0 fully saturated rings. The molecule has 2 amide bonds. The van der Waals surface area contributed by atoms with Crippen LogP contribution in [0.4, 0.5) is 14.9 Å². The summed E-state index contributed by atoms with van der Waals surface area (Å²) >= 11 is 0. The molecule has 0 radical (unpaired) electrons. The second-order valence-electron chi connectivity index (χ2n) is 5.91. The quantitative estimate of drug-likeness (QED) is 0.888. The van der Waals surface area contributed by atoms with Crippen LogP contribution in [0.2, 0.25) is 0 Å². The van der Waals surface area contributed by atoms with Gasteiger partial charge in [-0.25, -0.2) is 9.18 Å². The number of hydrogen-bond acceptors (Lipinski definition) is 2. The highest BCUT2D eigenvalue weighted by molar-refractivity contribution is 5.91. The predicted octanol–water partition coefficient (Wildman–Crippen LogP) is 4.20. The largest absolute Gasteiger partial charge is 0.495 e. The van der Waals surface area contributed by atoms with Gasteiger partial charge in [0.15, 0.2) is 0 Å². The summed E-state index contributed by atoms with van der Waals surface area (Å²) in [4.78, 5) is 12.3. The molecule has 23 heavy (non-hydrogen) atoms. The van der Waals surface area contributed by atoms with E-state index in [1.54, 1.807) is 25.3 Å². The third kappa shape index (κ3) is 4.22. The zero-order chi connectivity index (χ0) is 17.0. The Balaban J connectivity index is 2.11. The van der Waals surface area contributed by atoms with Gasteiger partial charge in [0.25, 0.3) is 0 Å². The number of anilines is 1. The van der Waals surface area contributed by atoms with E-state index in [9.17, 15) is 9.18 Å². The van der Waals surface area contributed by atoms with Crippen LogP contribution in [0.1, 0.15) is 25.0 Å². The van der Waals surface area contributed by atoms with Gasteiger partial charge >= 0.3 is 6.03 Å². The van der Waals surface area contributed by atoms with Gasteiger partial charge in [-0.1, -0.05) is 18.2 Å². The summed E-state index contributed by atoms with van der Waals surface area (Å²) < 4.78 is 18.3. The fraction of sp³-hybridized carbons (Fsp3) is 0.278. The maximum atomic E-state index is 13.0. The van der Waals surface area contributed by atoms with Crippen LogP contribution in [0.5, 0.6) is 5.75 Å². The number of urea groups is 1. The maximum absolute atomic E-state index is 13.0. The maximum Gasteiger partial charge on any atom is 0.320 e. The van der Waals surface area contributed by atoms with Crippen LogP contribution in [-0.2, 0) is 5.54 Å². The lowest BCUT2D eigenvalue weighted by atomic mass is 9.94. The fourth-order valence-corrected chi connectivity index (χ4v) is 2.28. The second-order valence-corrected chi connectivity index (χ2v) is 5.91. The molecule has 0 atom stereocenters. The molecule has 5 heteroatoms. The Bertz CT molecular complexity index is 697. The SMILES string of the molecule is COc1cc(C)ccc1NC(=O)NC(C)(C)c1ccc(F)cc1. The van der Waals surface area contributed by atoms with E-state index in [1.807, 2.05) is 32.9 Å². The van der Waals surface area contributed by atoms with Gasteiger partial charge in [0.05, 0.1) is 18.3 Å². The number of ether oxygens (including phenoxy) is 1. The molecule has 0 aromatic heterocycles. The average Bonchev–Trinajstić information content (AvgIpc) is 2.49. The van der Waals surface area contributed by atoms with Crippen LogP contribution in [0.25, 0.3) is 0 Å². The van der Waals surface area contributed by atoms with Gasteiger partial charge in [-0.15, -0.1) is 0 Å². The summed E-state index contributed by atoms with van der Waals surface area (Å²) in [6.45, 7) is 5.66. The van der Waals surface area contributed by atoms with Gasteiger partial charge in [-0.05, 0) is 56.2 Å². The number of hydrogen-bond donors (Lipinski definition) is 2. The zero-order valence-corrected chi connectivity index (χ0v) is 13.7. The highest BCUT2D eigenvalue weighted by Crippen LogP contribution is 2.26. The molecule has 0 aliphatic carbocycles. The lowest BCUT2D eigenvalue weighted by Gasteiger charge is -2.27. The zero-order valence-electron chi connectivity index (χ0n) is 13.7. The predicted molar refractivity (Wildman–Crippen MR) is 89.3 cm³/mol. The molecule has 0 aliphatic rings. The van der Waals surface area contributed by atoms with Crippen LogP contribution in [0.15, 0.2) is 42.5 Å². The van der Waals surface area contributed by atoms with Crippen molar-refractivity contribution in [1.82, 2.24) is 5.32 Å². The van der Waals surface area contributed by atoms with Gasteiger partial charge in [-0.2, -0.15) is 0 Å². The van der Waals surface area contributed by atoms with Crippen LogP contribution < -0.4 is 15.4 Å². The Morgan fingerprint density at radius 1 is 1.13 bits per heavy atom. The van der Waals surface area contributed by atoms with Crippen molar-refractivity contribution in [2.24, 2.45) is 0 Å². The molecular weight excluding hydrogens is 295 g/mol. The minimum atomic E-state index is -0.643. The molecule has 2 rings (SSSR count). The van der Waals surface area contributed by atoms with Gasteiger partial charge < -0.3 is 15.4 Å². The number of rotatable bonds is 4. The van der Waals surface area contributed by atoms with E-state index >= 15 is 0 Å². The Morgan fingerprint density at radius 2 is 1.78 bits per heavy atom. The summed E-state index contributed by atoms with van der Waals surface area (Å²) in [5.74, 6) is 0.290. The third-order valence-electron chi connectivity index (χ3n) is 3.60. The van der Waals surface area contributed by atoms with Crippen molar-refractivity contribution in [3.05, 3.63) is 59.4 Å². The topological polar surface area (TPSA) is 50.4 Å². The van der Waals surface area contributed by atoms with Crippen molar-refractivity contribution in [3.63, 3.8) is 0 Å². The van der Waals surface area contributed by atoms with E-state index in [2.05, 4.69) is 10.6 Å². The summed E-state index contributed by atoms with van der Waals surface area (Å²) in [7, 11) is 1.56. The van der Waals surface area contributed by atoms with E-state index in [0.717, 1.165) is 11.1 Å². The van der Waals surface area contributed by atoms with E-state index in [4.69, 9.17) is 4.74 Å². The van der Waals surface area contributed by atoms with Gasteiger partial charge in [0.2, 0.25) is 0 Å². The van der Waals surface area contributed by atoms with Crippen LogP contribution in [-0.4, -0.2) is 13.1 Å². The Labute approximate surface area is 135 Å². The number of benzene rings is 2. The van der Waals surface area contributed by atoms with Crippen molar-refractivity contribution in [2.45, 2.75) is 26.3 Å². The Morgan fingerprint density at radius 3 is 2.39 bits per heavy atom. The molecule has 0 saturated heterocycles. The molecule has 0 bridgehead atoms. The van der Waals surface area contributed by atoms with E-state index < -0.39 is 5.54 Å². The molecule has 0 saturated carbocycles. The number of carbonyl (C=O) groups excluding carboxylic acids is 1. The molecule has 2 aromatic carbocycles. The van der Waals surface area contributed by atoms with Crippen LogP contribution >= 0.6 is 0 Å². The molecular formula is C18H21FN2O2. The number of methoxy groups -OCH3 is 1. The van der Waals surface area contributed by atoms with Crippen LogP contribution in [0.3, 0.4) is 0 Å². The summed E-state index contributed by atoms with van der Waals surface area (Å²) in [5, 5.41) is 5.66. The monoisotopic (exact) mass is 316 g/mol. The first kappa shape index (κ1) is 16.8. The first-order chi connectivity index (χ1) is 10.8. The molecule has 0 unspecified atom stereocenters. The van der Waals surface area contributed by atoms with Crippen molar-refractivity contribution >= 4 is 11.7 Å². The third-order valence-corrected chi connectivity index (χ3v) is 3.60. The lowest BCUT2D eigenvalue weighted by molar-refractivity contribution is 0.241. The molecule has 0 heterocycles. The molecule has 2 N–H and O–H groups in total. The summed E-state index contributed by atoms with van der Waals surface area (Å²) in [6.07, 6.45) is 0. The lowest BCUT2D eigenvalue weighted by Crippen LogP contribution is -2.43. The number of aryl methyl sites for hydroxylation is 1. The normalized spacial score (nSPS) is 11.0. The smallest absolute Gasteiger partial charge is 0.320 e. The number of carbonyl (C=O) groups is 1. The molecule has 4 nitrogen and oxygen atoms in total. The highest BCUT2D eigenvalue weighted by atomic mass is 19.1. The van der Waals surface area contributed by atoms with Crippen molar-refractivity contribution in [2.75, 3.05) is 12.4 Å². The standard InChI is InChI=1S/C18H21FN2O2/c1-12-5-10-15(16(11-12)23-4)20-17(22)21-18(2,3)13-6-8-14(19)9-7-13/h5-11H,1-4H3,(H2,20,21,22). The van der Waals surface area contributed by atoms with E-state index in [0.29, 0.717) is 11.4 Å². The Hall–Kier alpha value is -2.56. The van der Waals surface area contributed by atoms with E-state index in [1.165, 1.54) is 12.1 Å². The summed E-state index contributed by atoms with van der Waals surface area (Å²) in [5.41, 5.74) is 1.80. The first-order valence-electron chi connectivity index (χ1n) is 7.31. The van der Waals surface area contributed by atoms with E-state index in [-0.39, 0.29) is 11.8 Å². The minimum Gasteiger partial charge on any atom is -0.495 e. The van der Waals surface area contributed by atoms with Gasteiger partial charge in [-0.3, -0.25) is 0 Å². The number of nitrogens with one attached hydrogen (secondary N) is 2. The molecule has 0 aliphatic heterocycles. The van der Waals surface area contributed by atoms with Crippen molar-refractivity contribution in [1.29, 1.82) is 0 Å². The average molecular weight is 316 g/mol. The highest BCUT2D eigenvalue weighted by Gasteiger charge is 2.23. The molecule has 2 aromatic rings. The fourth-order valence-electron chi connectivity index (χ4n) is 2.28. The van der Waals surface area contributed by atoms with Crippen LogP contribution in [0, 0.1) is 12.7 Å². The second kappa shape index (κ2) is 6.69. The van der Waals surface area contributed by atoms with Gasteiger partial charge in [0.1, 0.15) is 11.6 Å². The minimum absolute atomic E-state index is 0.307. The van der Waals surface area contributed by atoms with Crippen molar-refractivity contribution in [3.8, 4) is 5.75 Å². The van der Waals surface area contributed by atoms with Crippen molar-refractivity contribution < 1.29 is 13.9 Å². The number of halogens is 1. The Kier molecular flexibility index (Phi) is 4.89.